The summed E-state index contributed by atoms with van der Waals surface area (Å²) in [5.41, 5.74) is 0. The number of hydrogen-bond donors (Lipinski definition) is 0. The fourth-order valence-electron chi connectivity index (χ4n) is 8.44. The van der Waals surface area contributed by atoms with Crippen LogP contribution in [-0.4, -0.2) is 37.2 Å². The van der Waals surface area contributed by atoms with Gasteiger partial charge in [0.15, 0.2) is 6.10 Å². The number of ether oxygens (including phenoxy) is 3. The van der Waals surface area contributed by atoms with Gasteiger partial charge in [-0.05, 0) is 109 Å². The molecule has 400 valence electrons. The topological polar surface area (TPSA) is 78.9 Å². The molecule has 0 amide bonds. The van der Waals surface area contributed by atoms with E-state index in [2.05, 4.69) is 81.5 Å². The Morgan fingerprint density at radius 3 is 0.884 bits per heavy atom. The Balaban J connectivity index is 4.41. The smallest absolute Gasteiger partial charge is 0.306 e. The van der Waals surface area contributed by atoms with E-state index in [9.17, 15) is 14.4 Å². The van der Waals surface area contributed by atoms with Crippen molar-refractivity contribution < 1.29 is 28.6 Å². The molecular formula is C63H112O6. The van der Waals surface area contributed by atoms with Crippen molar-refractivity contribution in [2.75, 3.05) is 13.2 Å². The summed E-state index contributed by atoms with van der Waals surface area (Å²) in [4.78, 5) is 38.2. The van der Waals surface area contributed by atoms with Gasteiger partial charge in [0, 0.05) is 19.3 Å². The van der Waals surface area contributed by atoms with Crippen molar-refractivity contribution in [3.63, 3.8) is 0 Å². The molecule has 0 heterocycles. The summed E-state index contributed by atoms with van der Waals surface area (Å²) in [5.74, 6) is -0.922. The predicted molar refractivity (Wildman–Crippen MR) is 298 cm³/mol. The molecule has 0 saturated heterocycles. The van der Waals surface area contributed by atoms with Gasteiger partial charge in [-0.25, -0.2) is 0 Å². The highest BCUT2D eigenvalue weighted by Crippen LogP contribution is 2.15. The van der Waals surface area contributed by atoms with Crippen LogP contribution in [0.25, 0.3) is 0 Å². The predicted octanol–water partition coefficient (Wildman–Crippen LogP) is 20.0. The molecular weight excluding hydrogens is 853 g/mol. The van der Waals surface area contributed by atoms with Crippen molar-refractivity contribution in [3.8, 4) is 0 Å². The van der Waals surface area contributed by atoms with E-state index in [1.165, 1.54) is 193 Å². The third kappa shape index (κ3) is 55.9. The molecule has 0 radical (unpaired) electrons. The summed E-state index contributed by atoms with van der Waals surface area (Å²) in [6.45, 7) is 6.59. The normalized spacial score (nSPS) is 12.4. The van der Waals surface area contributed by atoms with Crippen LogP contribution in [0.3, 0.4) is 0 Å². The standard InChI is InChI=1S/C63H112O6/c1-4-7-10-13-16-19-22-25-28-30-31-33-36-39-42-45-48-51-54-57-63(66)69-60(58-67-61(64)55-52-49-46-43-40-37-34-27-24-21-18-15-12-9-6-3)59-68-62(65)56-53-50-47-44-41-38-35-32-29-26-23-20-17-14-11-8-5-2/h18,21,25-29,34,40,43,60H,4-17,19-20,22-24,30-33,35-39,41-42,44-59H2,1-3H3/b21-18-,28-25-,29-26-,34-27-,43-40-/t60-/m1/s1. The van der Waals surface area contributed by atoms with E-state index in [1.807, 2.05) is 0 Å². The highest BCUT2D eigenvalue weighted by Gasteiger charge is 2.19. The van der Waals surface area contributed by atoms with E-state index in [0.29, 0.717) is 19.3 Å². The van der Waals surface area contributed by atoms with E-state index in [0.717, 1.165) is 70.6 Å². The number of unbranched alkanes of at least 4 members (excludes halogenated alkanes) is 33. The second-order valence-electron chi connectivity index (χ2n) is 19.9. The largest absolute Gasteiger partial charge is 0.462 e. The molecule has 0 N–H and O–H groups in total. The van der Waals surface area contributed by atoms with Crippen LogP contribution in [0.5, 0.6) is 0 Å². The molecule has 0 aromatic heterocycles. The van der Waals surface area contributed by atoms with Gasteiger partial charge in [-0.15, -0.1) is 0 Å². The average molecular weight is 966 g/mol. The third-order valence-corrected chi connectivity index (χ3v) is 13.0. The molecule has 6 nitrogen and oxygen atoms in total. The molecule has 0 aliphatic heterocycles. The van der Waals surface area contributed by atoms with Crippen molar-refractivity contribution >= 4 is 17.9 Å². The number of esters is 3. The SMILES string of the molecule is CCCCC/C=C\C/C=C\C/C=C\CCCCC(=O)OC[C@H](COC(=O)CCCCCCCCC/C=C\CCCCCCCC)OC(=O)CCCCCCCCCCC/C=C\CCCCCCCC. The van der Waals surface area contributed by atoms with E-state index in [1.54, 1.807) is 0 Å². The monoisotopic (exact) mass is 965 g/mol. The quantitative estimate of drug-likeness (QED) is 0.0262. The van der Waals surface area contributed by atoms with Gasteiger partial charge >= 0.3 is 17.9 Å². The van der Waals surface area contributed by atoms with Crippen molar-refractivity contribution in [2.45, 2.75) is 309 Å². The Bertz CT molecular complexity index is 1250. The maximum Gasteiger partial charge on any atom is 0.306 e. The number of hydrogen-bond acceptors (Lipinski definition) is 6. The van der Waals surface area contributed by atoms with Gasteiger partial charge in [0.25, 0.3) is 0 Å². The van der Waals surface area contributed by atoms with Gasteiger partial charge in [0.05, 0.1) is 0 Å². The number of allylic oxidation sites excluding steroid dienone is 10. The van der Waals surface area contributed by atoms with Gasteiger partial charge in [-0.1, -0.05) is 236 Å². The molecule has 0 bridgehead atoms. The van der Waals surface area contributed by atoms with Crippen LogP contribution in [-0.2, 0) is 28.6 Å². The van der Waals surface area contributed by atoms with Crippen LogP contribution in [0.4, 0.5) is 0 Å². The first-order chi connectivity index (χ1) is 34.0. The summed E-state index contributed by atoms with van der Waals surface area (Å²) >= 11 is 0. The Labute approximate surface area is 428 Å². The lowest BCUT2D eigenvalue weighted by Gasteiger charge is -2.18. The van der Waals surface area contributed by atoms with Crippen LogP contribution in [0.15, 0.2) is 60.8 Å². The van der Waals surface area contributed by atoms with Crippen molar-refractivity contribution in [1.82, 2.24) is 0 Å². The summed E-state index contributed by atoms with van der Waals surface area (Å²) < 4.78 is 16.9. The maximum absolute atomic E-state index is 12.9. The minimum atomic E-state index is -0.792. The molecule has 0 spiro atoms. The number of rotatable bonds is 54. The summed E-state index contributed by atoms with van der Waals surface area (Å²) in [6, 6.07) is 0. The Morgan fingerprint density at radius 1 is 0.290 bits per heavy atom. The first-order valence-corrected chi connectivity index (χ1v) is 29.8. The zero-order valence-electron chi connectivity index (χ0n) is 45.8. The Morgan fingerprint density at radius 2 is 0.522 bits per heavy atom. The first-order valence-electron chi connectivity index (χ1n) is 29.8. The van der Waals surface area contributed by atoms with E-state index in [4.69, 9.17) is 14.2 Å². The van der Waals surface area contributed by atoms with E-state index >= 15 is 0 Å². The molecule has 0 fully saturated rings. The summed E-state index contributed by atoms with van der Waals surface area (Å²) in [7, 11) is 0. The second kappa shape index (κ2) is 57.7. The average Bonchev–Trinajstić information content (AvgIpc) is 3.35. The van der Waals surface area contributed by atoms with Gasteiger partial charge in [-0.2, -0.15) is 0 Å². The van der Waals surface area contributed by atoms with E-state index in [-0.39, 0.29) is 31.1 Å². The fraction of sp³-hybridized carbons (Fsp3) is 0.794. The Kier molecular flexibility index (Phi) is 55.3. The molecule has 0 rings (SSSR count). The van der Waals surface area contributed by atoms with Gasteiger partial charge < -0.3 is 14.2 Å². The second-order valence-corrected chi connectivity index (χ2v) is 19.9. The molecule has 0 aliphatic rings. The van der Waals surface area contributed by atoms with Crippen molar-refractivity contribution in [2.24, 2.45) is 0 Å². The lowest BCUT2D eigenvalue weighted by atomic mass is 10.1. The summed E-state index contributed by atoms with van der Waals surface area (Å²) in [5, 5.41) is 0. The Hall–Kier alpha value is -2.89. The zero-order chi connectivity index (χ0) is 50.0. The minimum absolute atomic E-state index is 0.0881. The van der Waals surface area contributed by atoms with Crippen molar-refractivity contribution in [1.29, 1.82) is 0 Å². The molecule has 1 atom stereocenters. The van der Waals surface area contributed by atoms with Crippen LogP contribution in [0.1, 0.15) is 303 Å². The van der Waals surface area contributed by atoms with Crippen LogP contribution in [0.2, 0.25) is 0 Å². The molecule has 0 aromatic rings. The number of carbonyl (C=O) groups is 3. The molecule has 69 heavy (non-hydrogen) atoms. The third-order valence-electron chi connectivity index (χ3n) is 13.0. The first kappa shape index (κ1) is 66.1. The van der Waals surface area contributed by atoms with Gasteiger partial charge in [0.1, 0.15) is 13.2 Å². The van der Waals surface area contributed by atoms with Gasteiger partial charge in [-0.3, -0.25) is 14.4 Å². The number of carbonyl (C=O) groups excluding carboxylic acids is 3. The lowest BCUT2D eigenvalue weighted by molar-refractivity contribution is -0.167. The lowest BCUT2D eigenvalue weighted by Crippen LogP contribution is -2.30. The zero-order valence-corrected chi connectivity index (χ0v) is 45.8. The van der Waals surface area contributed by atoms with Crippen LogP contribution >= 0.6 is 0 Å². The van der Waals surface area contributed by atoms with E-state index < -0.39 is 6.10 Å². The van der Waals surface area contributed by atoms with Gasteiger partial charge in [0.2, 0.25) is 0 Å². The highest BCUT2D eigenvalue weighted by molar-refractivity contribution is 5.71. The summed E-state index contributed by atoms with van der Waals surface area (Å²) in [6.07, 6.45) is 72.1. The molecule has 0 aromatic carbocycles. The molecule has 0 unspecified atom stereocenters. The van der Waals surface area contributed by atoms with Crippen LogP contribution in [0, 0.1) is 0 Å². The highest BCUT2D eigenvalue weighted by atomic mass is 16.6. The molecule has 0 saturated carbocycles. The fourth-order valence-corrected chi connectivity index (χ4v) is 8.44. The maximum atomic E-state index is 12.9. The van der Waals surface area contributed by atoms with Crippen LogP contribution < -0.4 is 0 Å². The molecule has 6 heteroatoms. The van der Waals surface area contributed by atoms with Crippen molar-refractivity contribution in [3.05, 3.63) is 60.8 Å². The molecule has 0 aliphatic carbocycles. The minimum Gasteiger partial charge on any atom is -0.462 e.